The van der Waals surface area contributed by atoms with Crippen molar-refractivity contribution < 1.29 is 4.79 Å². The average Bonchev–Trinajstić information content (AvgIpc) is 2.81. The smallest absolute Gasteiger partial charge is 0.229 e. The van der Waals surface area contributed by atoms with E-state index in [-0.39, 0.29) is 17.9 Å². The summed E-state index contributed by atoms with van der Waals surface area (Å²) in [4.78, 5) is 17.2. The largest absolute Gasteiger partial charge is 0.346 e. The fourth-order valence-corrected chi connectivity index (χ4v) is 5.00. The van der Waals surface area contributed by atoms with Gasteiger partial charge in [0.15, 0.2) is 5.11 Å². The van der Waals surface area contributed by atoms with Gasteiger partial charge in [0.1, 0.15) is 0 Å². The van der Waals surface area contributed by atoms with Crippen molar-refractivity contribution in [3.63, 3.8) is 0 Å². The van der Waals surface area contributed by atoms with Crippen molar-refractivity contribution in [1.82, 2.24) is 15.1 Å². The van der Waals surface area contributed by atoms with E-state index in [0.29, 0.717) is 5.11 Å². The van der Waals surface area contributed by atoms with E-state index in [1.165, 1.54) is 17.5 Å². The van der Waals surface area contributed by atoms with Crippen LogP contribution in [0, 0.1) is 5.92 Å². The molecule has 1 aliphatic heterocycles. The minimum Gasteiger partial charge on any atom is -0.346 e. The Morgan fingerprint density at radius 3 is 1.90 bits per heavy atom. The Labute approximate surface area is 185 Å². The summed E-state index contributed by atoms with van der Waals surface area (Å²) < 4.78 is 0. The standard InChI is InChI=1S/C25H31N3OS/c29-24(22-14-8-3-9-15-22)26-25(30)28-18-16-27(17-19-28)23(20-10-4-1-5-11-20)21-12-6-2-7-13-21/h1-2,4-7,10-13,22-23H,3,8-9,14-19H2,(H,26,29,30). The lowest BCUT2D eigenvalue weighted by atomic mass is 9.89. The molecular formula is C25H31N3OS. The van der Waals surface area contributed by atoms with Gasteiger partial charge in [-0.25, -0.2) is 0 Å². The van der Waals surface area contributed by atoms with Crippen LogP contribution in [0.5, 0.6) is 0 Å². The highest BCUT2D eigenvalue weighted by Gasteiger charge is 2.28. The van der Waals surface area contributed by atoms with Crippen LogP contribution in [0.2, 0.25) is 0 Å². The van der Waals surface area contributed by atoms with Gasteiger partial charge < -0.3 is 10.2 Å². The molecule has 1 aliphatic carbocycles. The van der Waals surface area contributed by atoms with Crippen LogP contribution in [-0.4, -0.2) is 47.0 Å². The first kappa shape index (κ1) is 21.0. The number of piperazine rings is 1. The average molecular weight is 422 g/mol. The first-order valence-corrected chi connectivity index (χ1v) is 11.6. The molecule has 0 bridgehead atoms. The van der Waals surface area contributed by atoms with Crippen LogP contribution in [0.1, 0.15) is 49.3 Å². The number of hydrogen-bond donors (Lipinski definition) is 1. The maximum Gasteiger partial charge on any atom is 0.229 e. The van der Waals surface area contributed by atoms with Crippen molar-refractivity contribution in [3.05, 3.63) is 71.8 Å². The minimum absolute atomic E-state index is 0.119. The zero-order chi connectivity index (χ0) is 20.8. The molecule has 0 spiro atoms. The quantitative estimate of drug-likeness (QED) is 0.744. The van der Waals surface area contributed by atoms with E-state index in [4.69, 9.17) is 12.2 Å². The normalized spacial score (nSPS) is 18.4. The van der Waals surface area contributed by atoms with Crippen LogP contribution in [-0.2, 0) is 4.79 Å². The Balaban J connectivity index is 1.38. The van der Waals surface area contributed by atoms with Crippen LogP contribution >= 0.6 is 12.2 Å². The van der Waals surface area contributed by atoms with Gasteiger partial charge in [0.05, 0.1) is 6.04 Å². The number of thiocarbonyl (C=S) groups is 1. The zero-order valence-electron chi connectivity index (χ0n) is 17.5. The molecule has 0 atom stereocenters. The fourth-order valence-electron chi connectivity index (χ4n) is 4.72. The minimum atomic E-state index is 0.119. The zero-order valence-corrected chi connectivity index (χ0v) is 18.3. The molecule has 0 radical (unpaired) electrons. The third-order valence-electron chi connectivity index (χ3n) is 6.40. The van der Waals surface area contributed by atoms with Gasteiger partial charge in [-0.05, 0) is 36.2 Å². The molecule has 2 fully saturated rings. The van der Waals surface area contributed by atoms with E-state index >= 15 is 0 Å². The molecular weight excluding hydrogens is 390 g/mol. The number of benzene rings is 2. The van der Waals surface area contributed by atoms with Gasteiger partial charge in [-0.1, -0.05) is 79.9 Å². The van der Waals surface area contributed by atoms with Gasteiger partial charge in [-0.15, -0.1) is 0 Å². The Hall–Kier alpha value is -2.24. The summed E-state index contributed by atoms with van der Waals surface area (Å²) in [6.07, 6.45) is 5.56. The monoisotopic (exact) mass is 421 g/mol. The number of carbonyl (C=O) groups excluding carboxylic acids is 1. The molecule has 1 heterocycles. The fraction of sp³-hybridized carbons (Fsp3) is 0.440. The Morgan fingerprint density at radius 2 is 1.37 bits per heavy atom. The molecule has 1 saturated carbocycles. The first-order chi connectivity index (χ1) is 14.7. The maximum absolute atomic E-state index is 12.6. The van der Waals surface area contributed by atoms with Crippen molar-refractivity contribution in [3.8, 4) is 0 Å². The molecule has 2 aromatic carbocycles. The van der Waals surface area contributed by atoms with Crippen LogP contribution < -0.4 is 5.32 Å². The van der Waals surface area contributed by atoms with Gasteiger partial charge in [-0.2, -0.15) is 0 Å². The van der Waals surface area contributed by atoms with E-state index in [1.807, 2.05) is 0 Å². The van der Waals surface area contributed by atoms with Crippen molar-refractivity contribution >= 4 is 23.2 Å². The van der Waals surface area contributed by atoms with Crippen LogP contribution in [0.4, 0.5) is 0 Å². The van der Waals surface area contributed by atoms with E-state index in [2.05, 4.69) is 75.8 Å². The van der Waals surface area contributed by atoms with E-state index in [1.54, 1.807) is 0 Å². The third-order valence-corrected chi connectivity index (χ3v) is 6.76. The highest BCUT2D eigenvalue weighted by atomic mass is 32.1. The van der Waals surface area contributed by atoms with Crippen LogP contribution in [0.25, 0.3) is 0 Å². The van der Waals surface area contributed by atoms with E-state index < -0.39 is 0 Å². The Morgan fingerprint density at radius 1 is 0.833 bits per heavy atom. The molecule has 2 aromatic rings. The van der Waals surface area contributed by atoms with E-state index in [0.717, 1.165) is 51.9 Å². The van der Waals surface area contributed by atoms with Gasteiger partial charge in [0, 0.05) is 32.1 Å². The van der Waals surface area contributed by atoms with Gasteiger partial charge >= 0.3 is 0 Å². The van der Waals surface area contributed by atoms with Crippen molar-refractivity contribution in [2.24, 2.45) is 5.92 Å². The van der Waals surface area contributed by atoms with Gasteiger partial charge in [0.2, 0.25) is 5.91 Å². The summed E-state index contributed by atoms with van der Waals surface area (Å²) in [6, 6.07) is 21.6. The predicted octanol–water partition coefficient (Wildman–Crippen LogP) is 4.38. The molecule has 0 unspecified atom stereocenters. The highest BCUT2D eigenvalue weighted by molar-refractivity contribution is 7.80. The van der Waals surface area contributed by atoms with Crippen molar-refractivity contribution in [2.45, 2.75) is 38.1 Å². The SMILES string of the molecule is O=C(NC(=S)N1CCN(C(c2ccccc2)c2ccccc2)CC1)C1CCCCC1. The van der Waals surface area contributed by atoms with Crippen molar-refractivity contribution in [2.75, 3.05) is 26.2 Å². The second-order valence-electron chi connectivity index (χ2n) is 8.38. The second-order valence-corrected chi connectivity index (χ2v) is 8.76. The Kier molecular flexibility index (Phi) is 7.13. The second kappa shape index (κ2) is 10.2. The molecule has 1 amide bonds. The summed E-state index contributed by atoms with van der Waals surface area (Å²) >= 11 is 5.59. The lowest BCUT2D eigenvalue weighted by Crippen LogP contribution is -2.54. The van der Waals surface area contributed by atoms with Crippen LogP contribution in [0.15, 0.2) is 60.7 Å². The molecule has 2 aliphatic rings. The summed E-state index contributed by atoms with van der Waals surface area (Å²) in [5.74, 6) is 0.257. The molecule has 30 heavy (non-hydrogen) atoms. The number of nitrogens with one attached hydrogen (secondary N) is 1. The lowest BCUT2D eigenvalue weighted by Gasteiger charge is -2.40. The lowest BCUT2D eigenvalue weighted by molar-refractivity contribution is -0.124. The number of nitrogens with zero attached hydrogens (tertiary/aromatic N) is 2. The Bertz CT molecular complexity index is 788. The number of rotatable bonds is 4. The topological polar surface area (TPSA) is 35.6 Å². The maximum atomic E-state index is 12.6. The molecule has 0 aromatic heterocycles. The first-order valence-electron chi connectivity index (χ1n) is 11.2. The summed E-state index contributed by atoms with van der Waals surface area (Å²) in [5, 5.41) is 3.63. The number of carbonyl (C=O) groups is 1. The number of amides is 1. The van der Waals surface area contributed by atoms with Crippen LogP contribution in [0.3, 0.4) is 0 Å². The summed E-state index contributed by atoms with van der Waals surface area (Å²) in [5.41, 5.74) is 2.62. The molecule has 1 N–H and O–H groups in total. The van der Waals surface area contributed by atoms with E-state index in [9.17, 15) is 4.79 Å². The molecule has 4 rings (SSSR count). The highest BCUT2D eigenvalue weighted by Crippen LogP contribution is 2.29. The predicted molar refractivity (Wildman–Crippen MR) is 125 cm³/mol. The molecule has 5 heteroatoms. The summed E-state index contributed by atoms with van der Waals surface area (Å²) in [7, 11) is 0. The summed E-state index contributed by atoms with van der Waals surface area (Å²) in [6.45, 7) is 3.49. The van der Waals surface area contributed by atoms with Gasteiger partial charge in [0.25, 0.3) is 0 Å². The van der Waals surface area contributed by atoms with Gasteiger partial charge in [-0.3, -0.25) is 9.69 Å². The molecule has 4 nitrogen and oxygen atoms in total. The number of hydrogen-bond acceptors (Lipinski definition) is 3. The molecule has 1 saturated heterocycles. The van der Waals surface area contributed by atoms with Crippen molar-refractivity contribution in [1.29, 1.82) is 0 Å². The molecule has 158 valence electrons. The third kappa shape index (κ3) is 5.08.